The zero-order chi connectivity index (χ0) is 15.0. The van der Waals surface area contributed by atoms with Crippen LogP contribution in [0, 0.1) is 0 Å². The summed E-state index contributed by atoms with van der Waals surface area (Å²) in [5.41, 5.74) is 2.62. The molecule has 4 heteroatoms. The van der Waals surface area contributed by atoms with E-state index in [-0.39, 0.29) is 12.1 Å². The maximum Gasteiger partial charge on any atom is 0.122 e. The lowest BCUT2D eigenvalue weighted by molar-refractivity contribution is 0.296. The molecule has 0 atom stereocenters. The summed E-state index contributed by atoms with van der Waals surface area (Å²) in [6, 6.07) is 6.37. The van der Waals surface area contributed by atoms with E-state index >= 15 is 0 Å². The lowest BCUT2D eigenvalue weighted by Crippen LogP contribution is -2.35. The standard InChI is InChI=1S/C16H27NO2S/c1-16(2,3)17-11-13-6-7-15(19-4)14(10-13)12-20-9-5-8-18/h6-7,10,17-18H,5,8-9,11-12H2,1-4H3. The summed E-state index contributed by atoms with van der Waals surface area (Å²) in [5, 5.41) is 12.3. The highest BCUT2D eigenvalue weighted by Crippen LogP contribution is 2.25. The Morgan fingerprint density at radius 3 is 2.65 bits per heavy atom. The maximum absolute atomic E-state index is 8.81. The molecule has 2 N–H and O–H groups in total. The molecule has 3 nitrogen and oxygen atoms in total. The average Bonchev–Trinajstić information content (AvgIpc) is 2.40. The van der Waals surface area contributed by atoms with E-state index in [2.05, 4.69) is 38.2 Å². The molecule has 1 aromatic rings. The Labute approximate surface area is 127 Å². The van der Waals surface area contributed by atoms with Crippen molar-refractivity contribution in [2.24, 2.45) is 0 Å². The first kappa shape index (κ1) is 17.3. The number of benzene rings is 1. The summed E-state index contributed by atoms with van der Waals surface area (Å²) >= 11 is 1.83. The summed E-state index contributed by atoms with van der Waals surface area (Å²) in [6.07, 6.45) is 0.845. The van der Waals surface area contributed by atoms with Crippen LogP contribution in [0.3, 0.4) is 0 Å². The van der Waals surface area contributed by atoms with Crippen molar-refractivity contribution in [3.8, 4) is 5.75 Å². The molecule has 0 unspecified atom stereocenters. The molecule has 0 heterocycles. The molecule has 0 saturated heterocycles. The SMILES string of the molecule is COc1ccc(CNC(C)(C)C)cc1CSCCCO. The van der Waals surface area contributed by atoms with Crippen molar-refractivity contribution in [2.75, 3.05) is 19.5 Å². The van der Waals surface area contributed by atoms with Gasteiger partial charge in [-0.3, -0.25) is 0 Å². The summed E-state index contributed by atoms with van der Waals surface area (Å²) in [4.78, 5) is 0. The molecule has 1 aromatic carbocycles. The molecule has 0 aliphatic heterocycles. The second-order valence-corrected chi connectivity index (χ2v) is 6.98. The molecule has 114 valence electrons. The predicted molar refractivity (Wildman–Crippen MR) is 87.5 cm³/mol. The fraction of sp³-hybridized carbons (Fsp3) is 0.625. The Hall–Kier alpha value is -0.710. The molecule has 1 rings (SSSR count). The van der Waals surface area contributed by atoms with E-state index in [1.165, 1.54) is 11.1 Å². The fourth-order valence-electron chi connectivity index (χ4n) is 1.77. The number of hydrogen-bond acceptors (Lipinski definition) is 4. The highest BCUT2D eigenvalue weighted by atomic mass is 32.2. The van der Waals surface area contributed by atoms with Crippen LogP contribution in [0.4, 0.5) is 0 Å². The van der Waals surface area contributed by atoms with Crippen molar-refractivity contribution in [2.45, 2.75) is 45.0 Å². The Kier molecular flexibility index (Phi) is 7.41. The first-order valence-electron chi connectivity index (χ1n) is 7.05. The number of nitrogens with one attached hydrogen (secondary N) is 1. The molecule has 0 amide bonds. The van der Waals surface area contributed by atoms with Gasteiger partial charge in [-0.15, -0.1) is 0 Å². The van der Waals surface area contributed by atoms with Gasteiger partial charge in [0.05, 0.1) is 7.11 Å². The third kappa shape index (κ3) is 6.64. The van der Waals surface area contributed by atoms with Gasteiger partial charge in [0.25, 0.3) is 0 Å². The minimum Gasteiger partial charge on any atom is -0.496 e. The number of ether oxygens (including phenoxy) is 1. The van der Waals surface area contributed by atoms with E-state index in [0.717, 1.165) is 30.2 Å². The number of hydrogen-bond donors (Lipinski definition) is 2. The third-order valence-corrected chi connectivity index (χ3v) is 3.96. The average molecular weight is 297 g/mol. The molecule has 0 bridgehead atoms. The molecule has 20 heavy (non-hydrogen) atoms. The Morgan fingerprint density at radius 1 is 1.30 bits per heavy atom. The molecule has 0 aliphatic carbocycles. The molecule has 0 aliphatic rings. The zero-order valence-electron chi connectivity index (χ0n) is 13.0. The summed E-state index contributed by atoms with van der Waals surface area (Å²) in [5.74, 6) is 2.84. The summed E-state index contributed by atoms with van der Waals surface area (Å²) < 4.78 is 5.42. The van der Waals surface area contributed by atoms with Gasteiger partial charge >= 0.3 is 0 Å². The van der Waals surface area contributed by atoms with E-state index in [9.17, 15) is 0 Å². The van der Waals surface area contributed by atoms with Crippen LogP contribution in [0.15, 0.2) is 18.2 Å². The van der Waals surface area contributed by atoms with Gasteiger partial charge in [-0.1, -0.05) is 6.07 Å². The number of thioether (sulfide) groups is 1. The highest BCUT2D eigenvalue weighted by molar-refractivity contribution is 7.98. The summed E-state index contributed by atoms with van der Waals surface area (Å²) in [6.45, 7) is 7.63. The molecule has 0 radical (unpaired) electrons. The van der Waals surface area contributed by atoms with Gasteiger partial charge in [-0.05, 0) is 50.6 Å². The van der Waals surface area contributed by atoms with Gasteiger partial charge in [0.2, 0.25) is 0 Å². The van der Waals surface area contributed by atoms with Crippen molar-refractivity contribution in [1.29, 1.82) is 0 Å². The van der Waals surface area contributed by atoms with Gasteiger partial charge in [-0.2, -0.15) is 11.8 Å². The predicted octanol–water partition coefficient (Wildman–Crippen LogP) is 3.20. The van der Waals surface area contributed by atoms with Crippen molar-refractivity contribution >= 4 is 11.8 Å². The van der Waals surface area contributed by atoms with Crippen molar-refractivity contribution in [3.05, 3.63) is 29.3 Å². The second-order valence-electron chi connectivity index (χ2n) is 5.88. The molecule has 0 spiro atoms. The van der Waals surface area contributed by atoms with Crippen LogP contribution in [-0.4, -0.2) is 30.1 Å². The molecule has 0 fully saturated rings. The maximum atomic E-state index is 8.81. The monoisotopic (exact) mass is 297 g/mol. The summed E-state index contributed by atoms with van der Waals surface area (Å²) in [7, 11) is 1.71. The smallest absolute Gasteiger partial charge is 0.122 e. The second kappa shape index (κ2) is 8.55. The Morgan fingerprint density at radius 2 is 2.05 bits per heavy atom. The third-order valence-electron chi connectivity index (χ3n) is 2.87. The molecular weight excluding hydrogens is 270 g/mol. The molecule has 0 saturated carbocycles. The van der Waals surface area contributed by atoms with Gasteiger partial charge in [0.1, 0.15) is 5.75 Å². The van der Waals surface area contributed by atoms with E-state index < -0.39 is 0 Å². The van der Waals surface area contributed by atoms with Crippen molar-refractivity contribution in [3.63, 3.8) is 0 Å². The Bertz CT molecular complexity index is 402. The van der Waals surface area contributed by atoms with Crippen LogP contribution in [0.25, 0.3) is 0 Å². The minimum absolute atomic E-state index is 0.121. The highest BCUT2D eigenvalue weighted by Gasteiger charge is 2.10. The van der Waals surface area contributed by atoms with Crippen LogP contribution in [0.1, 0.15) is 38.3 Å². The van der Waals surface area contributed by atoms with Crippen LogP contribution in [-0.2, 0) is 12.3 Å². The van der Waals surface area contributed by atoms with E-state index in [1.807, 2.05) is 17.8 Å². The number of aliphatic hydroxyl groups is 1. The normalized spacial score (nSPS) is 11.7. The van der Waals surface area contributed by atoms with Crippen LogP contribution in [0.5, 0.6) is 5.75 Å². The van der Waals surface area contributed by atoms with Crippen LogP contribution in [0.2, 0.25) is 0 Å². The first-order valence-corrected chi connectivity index (χ1v) is 8.21. The van der Waals surface area contributed by atoms with Gasteiger partial charge in [0, 0.05) is 30.0 Å². The fourth-order valence-corrected chi connectivity index (χ4v) is 2.69. The van der Waals surface area contributed by atoms with Crippen molar-refractivity contribution < 1.29 is 9.84 Å². The first-order chi connectivity index (χ1) is 9.46. The molecular formula is C16H27NO2S. The van der Waals surface area contributed by atoms with Gasteiger partial charge < -0.3 is 15.2 Å². The van der Waals surface area contributed by atoms with Crippen LogP contribution >= 0.6 is 11.8 Å². The van der Waals surface area contributed by atoms with Crippen molar-refractivity contribution in [1.82, 2.24) is 5.32 Å². The quantitative estimate of drug-likeness (QED) is 0.723. The van der Waals surface area contributed by atoms with Gasteiger partial charge in [0.15, 0.2) is 0 Å². The number of aliphatic hydroxyl groups excluding tert-OH is 1. The van der Waals surface area contributed by atoms with E-state index in [0.29, 0.717) is 0 Å². The largest absolute Gasteiger partial charge is 0.496 e. The zero-order valence-corrected chi connectivity index (χ0v) is 13.8. The number of rotatable bonds is 8. The Balaban J connectivity index is 2.65. The minimum atomic E-state index is 0.121. The topological polar surface area (TPSA) is 41.5 Å². The van der Waals surface area contributed by atoms with E-state index in [4.69, 9.17) is 9.84 Å². The lowest BCUT2D eigenvalue weighted by atomic mass is 10.1. The number of methoxy groups -OCH3 is 1. The lowest BCUT2D eigenvalue weighted by Gasteiger charge is -2.21. The molecule has 0 aromatic heterocycles. The van der Waals surface area contributed by atoms with E-state index in [1.54, 1.807) is 7.11 Å². The van der Waals surface area contributed by atoms with Gasteiger partial charge in [-0.25, -0.2) is 0 Å². The van der Waals surface area contributed by atoms with Crippen LogP contribution < -0.4 is 10.1 Å².